The lowest BCUT2D eigenvalue weighted by molar-refractivity contribution is 0.583. The van der Waals surface area contributed by atoms with Crippen molar-refractivity contribution in [1.29, 1.82) is 0 Å². The van der Waals surface area contributed by atoms with Gasteiger partial charge in [-0.2, -0.15) is 18.4 Å². The average molecular weight is 302 g/mol. The first-order chi connectivity index (χ1) is 9.90. The van der Waals surface area contributed by atoms with Crippen molar-refractivity contribution in [3.63, 3.8) is 0 Å². The van der Waals surface area contributed by atoms with E-state index in [-0.39, 0.29) is 4.90 Å². The molecule has 5 heteroatoms. The summed E-state index contributed by atoms with van der Waals surface area (Å²) in [6.07, 6.45) is 0. The summed E-state index contributed by atoms with van der Waals surface area (Å²) < 4.78 is 24.6. The van der Waals surface area contributed by atoms with Crippen molar-refractivity contribution >= 4 is 15.7 Å². The molecule has 2 aromatic carbocycles. The molecule has 0 spiro atoms. The second-order valence-corrected chi connectivity index (χ2v) is 6.56. The van der Waals surface area contributed by atoms with Crippen LogP contribution in [0.4, 0.5) is 0 Å². The van der Waals surface area contributed by atoms with Gasteiger partial charge >= 0.3 is 0 Å². The van der Waals surface area contributed by atoms with Crippen molar-refractivity contribution in [2.75, 3.05) is 0 Å². The van der Waals surface area contributed by atoms with Crippen LogP contribution in [0.5, 0.6) is 0 Å². The number of hydrazone groups is 1. The summed E-state index contributed by atoms with van der Waals surface area (Å²) in [6.45, 7) is 5.39. The highest BCUT2D eigenvalue weighted by Crippen LogP contribution is 2.16. The van der Waals surface area contributed by atoms with Gasteiger partial charge < -0.3 is 0 Å². The third kappa shape index (κ3) is 3.70. The lowest BCUT2D eigenvalue weighted by atomic mass is 10.1. The van der Waals surface area contributed by atoms with E-state index in [1.807, 2.05) is 43.3 Å². The van der Waals surface area contributed by atoms with Crippen LogP contribution in [0.1, 0.15) is 23.6 Å². The maximum atomic E-state index is 12.3. The fourth-order valence-electron chi connectivity index (χ4n) is 1.92. The minimum Gasteiger partial charge on any atom is -0.200 e. The number of benzene rings is 2. The number of aryl methyl sites for hydroxylation is 2. The monoisotopic (exact) mass is 302 g/mol. The Morgan fingerprint density at radius 3 is 2.38 bits per heavy atom. The summed E-state index contributed by atoms with van der Waals surface area (Å²) in [5.41, 5.74) is 3.08. The van der Waals surface area contributed by atoms with Crippen LogP contribution < -0.4 is 4.83 Å². The lowest BCUT2D eigenvalue weighted by Crippen LogP contribution is -2.21. The maximum Gasteiger partial charge on any atom is 0.276 e. The SMILES string of the molecule is C/C(=N\NS(=O)(=O)c1cc(C)ccc1C)c1ccccc1. The second-order valence-electron chi connectivity index (χ2n) is 4.93. The first-order valence-electron chi connectivity index (χ1n) is 6.59. The maximum absolute atomic E-state index is 12.3. The molecule has 0 bridgehead atoms. The van der Waals surface area contributed by atoms with E-state index in [4.69, 9.17) is 0 Å². The Kier molecular flexibility index (Phi) is 4.43. The Hall–Kier alpha value is -2.14. The van der Waals surface area contributed by atoms with Gasteiger partial charge in [-0.15, -0.1) is 0 Å². The van der Waals surface area contributed by atoms with Crippen molar-refractivity contribution in [3.05, 3.63) is 65.2 Å². The molecule has 0 aliphatic heterocycles. The lowest BCUT2D eigenvalue weighted by Gasteiger charge is -2.09. The molecule has 0 fully saturated rings. The van der Waals surface area contributed by atoms with Crippen molar-refractivity contribution in [2.45, 2.75) is 25.7 Å². The zero-order chi connectivity index (χ0) is 15.5. The molecule has 0 unspecified atom stereocenters. The average Bonchev–Trinajstić information content (AvgIpc) is 2.48. The summed E-state index contributed by atoms with van der Waals surface area (Å²) in [6, 6.07) is 14.7. The van der Waals surface area contributed by atoms with Gasteiger partial charge in [0.2, 0.25) is 0 Å². The molecule has 2 aromatic rings. The summed E-state index contributed by atoms with van der Waals surface area (Å²) in [7, 11) is -3.65. The predicted octanol–water partition coefficient (Wildman–Crippen LogP) is 3.01. The van der Waals surface area contributed by atoms with E-state index in [1.165, 1.54) is 0 Å². The van der Waals surface area contributed by atoms with Crippen molar-refractivity contribution in [1.82, 2.24) is 4.83 Å². The Balaban J connectivity index is 2.28. The van der Waals surface area contributed by atoms with Gasteiger partial charge in [0.05, 0.1) is 10.6 Å². The van der Waals surface area contributed by atoms with Crippen LogP contribution in [0.2, 0.25) is 0 Å². The van der Waals surface area contributed by atoms with E-state index in [9.17, 15) is 8.42 Å². The molecule has 21 heavy (non-hydrogen) atoms. The van der Waals surface area contributed by atoms with E-state index < -0.39 is 10.0 Å². The standard InChI is InChI=1S/C16H18N2O2S/c1-12-9-10-13(2)16(11-12)21(19,20)18-17-14(3)15-7-5-4-6-8-15/h4-11,18H,1-3H3/b17-14+. The first-order valence-corrected chi connectivity index (χ1v) is 8.07. The highest BCUT2D eigenvalue weighted by Gasteiger charge is 2.16. The van der Waals surface area contributed by atoms with Gasteiger partial charge in [0, 0.05) is 0 Å². The topological polar surface area (TPSA) is 58.5 Å². The number of hydrogen-bond acceptors (Lipinski definition) is 3. The molecular weight excluding hydrogens is 284 g/mol. The van der Waals surface area contributed by atoms with Crippen LogP contribution in [-0.2, 0) is 10.0 Å². The Morgan fingerprint density at radius 2 is 1.71 bits per heavy atom. The Morgan fingerprint density at radius 1 is 1.05 bits per heavy atom. The number of hydrogen-bond donors (Lipinski definition) is 1. The van der Waals surface area contributed by atoms with Gasteiger partial charge in [-0.05, 0) is 43.5 Å². The molecule has 0 aromatic heterocycles. The summed E-state index contributed by atoms with van der Waals surface area (Å²) >= 11 is 0. The Bertz CT molecular complexity index is 766. The summed E-state index contributed by atoms with van der Waals surface area (Å²) in [5, 5.41) is 3.99. The molecule has 4 nitrogen and oxygen atoms in total. The third-order valence-corrected chi connectivity index (χ3v) is 4.51. The first kappa shape index (κ1) is 15.3. The van der Waals surface area contributed by atoms with E-state index >= 15 is 0 Å². The van der Waals surface area contributed by atoms with E-state index in [2.05, 4.69) is 9.93 Å². The van der Waals surface area contributed by atoms with Gasteiger partial charge in [-0.25, -0.2) is 0 Å². The fraction of sp³-hybridized carbons (Fsp3) is 0.188. The van der Waals surface area contributed by atoms with Crippen molar-refractivity contribution in [2.24, 2.45) is 5.10 Å². The molecule has 0 aliphatic rings. The second kappa shape index (κ2) is 6.10. The molecule has 0 heterocycles. The quantitative estimate of drug-likeness (QED) is 0.697. The van der Waals surface area contributed by atoms with Gasteiger partial charge in [0.1, 0.15) is 0 Å². The van der Waals surface area contributed by atoms with Crippen LogP contribution in [0, 0.1) is 13.8 Å². The van der Waals surface area contributed by atoms with Crippen LogP contribution in [-0.4, -0.2) is 14.1 Å². The van der Waals surface area contributed by atoms with Crippen molar-refractivity contribution in [3.8, 4) is 0 Å². The van der Waals surface area contributed by atoms with E-state index in [1.54, 1.807) is 26.0 Å². The fourth-order valence-corrected chi connectivity index (χ4v) is 3.11. The van der Waals surface area contributed by atoms with Gasteiger partial charge in [0.25, 0.3) is 10.0 Å². The minimum atomic E-state index is -3.65. The largest absolute Gasteiger partial charge is 0.276 e. The highest BCUT2D eigenvalue weighted by molar-refractivity contribution is 7.89. The molecule has 0 saturated carbocycles. The zero-order valence-electron chi connectivity index (χ0n) is 12.3. The molecule has 0 atom stereocenters. The molecule has 0 saturated heterocycles. The number of sulfonamides is 1. The molecule has 0 aliphatic carbocycles. The van der Waals surface area contributed by atoms with Gasteiger partial charge in [-0.3, -0.25) is 0 Å². The molecule has 2 rings (SSSR count). The van der Waals surface area contributed by atoms with Crippen LogP contribution in [0.15, 0.2) is 58.5 Å². The third-order valence-electron chi connectivity index (χ3n) is 3.16. The normalized spacial score (nSPS) is 12.2. The minimum absolute atomic E-state index is 0.257. The van der Waals surface area contributed by atoms with Gasteiger partial charge in [0.15, 0.2) is 0 Å². The molecule has 0 amide bonds. The van der Waals surface area contributed by atoms with E-state index in [0.717, 1.165) is 11.1 Å². The van der Waals surface area contributed by atoms with E-state index in [0.29, 0.717) is 11.3 Å². The predicted molar refractivity (Wildman–Crippen MR) is 84.9 cm³/mol. The van der Waals surface area contributed by atoms with Crippen molar-refractivity contribution < 1.29 is 8.42 Å². The zero-order valence-corrected chi connectivity index (χ0v) is 13.1. The number of nitrogens with one attached hydrogen (secondary N) is 1. The van der Waals surface area contributed by atoms with Crippen LogP contribution in [0.25, 0.3) is 0 Å². The number of rotatable bonds is 4. The smallest absolute Gasteiger partial charge is 0.200 e. The molecular formula is C16H18N2O2S. The highest BCUT2D eigenvalue weighted by atomic mass is 32.2. The summed E-state index contributed by atoms with van der Waals surface area (Å²) in [4.78, 5) is 2.56. The Labute approximate surface area is 125 Å². The molecule has 110 valence electrons. The molecule has 1 N–H and O–H groups in total. The summed E-state index contributed by atoms with van der Waals surface area (Å²) in [5.74, 6) is 0. The van der Waals surface area contributed by atoms with Crippen LogP contribution >= 0.6 is 0 Å². The molecule has 0 radical (unpaired) electrons. The van der Waals surface area contributed by atoms with Gasteiger partial charge in [-0.1, -0.05) is 42.5 Å². The van der Waals surface area contributed by atoms with Crippen LogP contribution in [0.3, 0.4) is 0 Å². The number of nitrogens with zero attached hydrogens (tertiary/aromatic N) is 1.